The Bertz CT molecular complexity index is 699. The van der Waals surface area contributed by atoms with Gasteiger partial charge in [-0.3, -0.25) is 14.3 Å². The molecule has 2 aromatic rings. The number of rotatable bonds is 3. The molecule has 0 saturated heterocycles. The monoisotopic (exact) mass is 278 g/mol. The van der Waals surface area contributed by atoms with Gasteiger partial charge in [0.15, 0.2) is 0 Å². The Morgan fingerprint density at radius 2 is 1.84 bits per heavy atom. The number of aryl methyl sites for hydroxylation is 1. The molecule has 0 aliphatic rings. The van der Waals surface area contributed by atoms with Gasteiger partial charge >= 0.3 is 5.69 Å². The summed E-state index contributed by atoms with van der Waals surface area (Å²) in [4.78, 5) is 26.5. The Hall–Kier alpha value is -1.81. The maximum absolute atomic E-state index is 12.2. The number of benzene rings is 1. The van der Waals surface area contributed by atoms with E-state index in [1.54, 1.807) is 0 Å². The van der Waals surface area contributed by atoms with Crippen LogP contribution in [0.4, 0.5) is 0 Å². The Morgan fingerprint density at radius 1 is 1.21 bits per heavy atom. The van der Waals surface area contributed by atoms with Crippen LogP contribution in [0.25, 0.3) is 0 Å². The van der Waals surface area contributed by atoms with E-state index in [4.69, 9.17) is 11.6 Å². The summed E-state index contributed by atoms with van der Waals surface area (Å²) in [5, 5.41) is 0.137. The van der Waals surface area contributed by atoms with E-state index in [0.717, 1.165) is 11.1 Å². The minimum atomic E-state index is -0.479. The van der Waals surface area contributed by atoms with Crippen molar-refractivity contribution in [3.05, 3.63) is 66.9 Å². The summed E-state index contributed by atoms with van der Waals surface area (Å²) in [6.45, 7) is 4.07. The van der Waals surface area contributed by atoms with Gasteiger partial charge in [0.25, 0.3) is 5.56 Å². The van der Waals surface area contributed by atoms with Gasteiger partial charge in [0.1, 0.15) is 5.15 Å². The van der Waals surface area contributed by atoms with Gasteiger partial charge < -0.3 is 0 Å². The first-order valence-corrected chi connectivity index (χ1v) is 6.47. The molecular formula is C14H15ClN2O2. The van der Waals surface area contributed by atoms with Crippen molar-refractivity contribution in [1.82, 2.24) is 9.55 Å². The molecule has 0 atom stereocenters. The molecule has 0 saturated carbocycles. The van der Waals surface area contributed by atoms with Crippen molar-refractivity contribution in [2.24, 2.45) is 0 Å². The number of nitrogens with zero attached hydrogens (tertiary/aromatic N) is 1. The highest BCUT2D eigenvalue weighted by Gasteiger charge is 2.11. The number of hydrogen-bond donors (Lipinski definition) is 1. The number of aromatic nitrogens is 2. The quantitative estimate of drug-likeness (QED) is 0.874. The lowest BCUT2D eigenvalue weighted by molar-refractivity contribution is 0.686. The van der Waals surface area contributed by atoms with Gasteiger partial charge in [-0.25, -0.2) is 4.79 Å². The number of hydrogen-bond acceptors (Lipinski definition) is 2. The SMILES string of the molecule is CCc1c(Cl)[nH]c(=O)n(Cc2ccc(C)cc2)c1=O. The van der Waals surface area contributed by atoms with Crippen LogP contribution in [0.15, 0.2) is 33.9 Å². The molecule has 0 unspecified atom stereocenters. The highest BCUT2D eigenvalue weighted by Crippen LogP contribution is 2.07. The standard InChI is InChI=1S/C14H15ClN2O2/c1-3-11-12(15)16-14(19)17(13(11)18)8-10-6-4-9(2)5-7-10/h4-7H,3,8H2,1-2H3,(H,16,19). The molecule has 0 bridgehead atoms. The molecule has 0 fully saturated rings. The van der Waals surface area contributed by atoms with E-state index >= 15 is 0 Å². The lowest BCUT2D eigenvalue weighted by Gasteiger charge is -2.08. The van der Waals surface area contributed by atoms with Crippen molar-refractivity contribution >= 4 is 11.6 Å². The number of aromatic amines is 1. The fraction of sp³-hybridized carbons (Fsp3) is 0.286. The summed E-state index contributed by atoms with van der Waals surface area (Å²) in [6.07, 6.45) is 0.488. The maximum Gasteiger partial charge on any atom is 0.329 e. The summed E-state index contributed by atoms with van der Waals surface area (Å²) < 4.78 is 1.18. The highest BCUT2D eigenvalue weighted by molar-refractivity contribution is 6.30. The van der Waals surface area contributed by atoms with E-state index < -0.39 is 5.69 Å². The summed E-state index contributed by atoms with van der Waals surface area (Å²) in [7, 11) is 0. The Balaban J connectivity index is 2.49. The zero-order valence-corrected chi connectivity index (χ0v) is 11.6. The van der Waals surface area contributed by atoms with Crippen molar-refractivity contribution in [1.29, 1.82) is 0 Å². The van der Waals surface area contributed by atoms with Gasteiger partial charge in [-0.15, -0.1) is 0 Å². The Labute approximate surface area is 115 Å². The van der Waals surface area contributed by atoms with E-state index in [2.05, 4.69) is 4.98 Å². The maximum atomic E-state index is 12.2. The highest BCUT2D eigenvalue weighted by atomic mass is 35.5. The van der Waals surface area contributed by atoms with E-state index in [9.17, 15) is 9.59 Å². The molecule has 100 valence electrons. The van der Waals surface area contributed by atoms with Crippen LogP contribution < -0.4 is 11.2 Å². The number of H-pyrrole nitrogens is 1. The van der Waals surface area contributed by atoms with E-state index in [-0.39, 0.29) is 17.3 Å². The van der Waals surface area contributed by atoms with Crippen LogP contribution in [0, 0.1) is 6.92 Å². The molecule has 1 heterocycles. The fourth-order valence-electron chi connectivity index (χ4n) is 1.91. The van der Waals surface area contributed by atoms with Gasteiger partial charge in [-0.1, -0.05) is 48.4 Å². The zero-order chi connectivity index (χ0) is 14.0. The fourth-order valence-corrected chi connectivity index (χ4v) is 2.21. The molecule has 0 aliphatic carbocycles. The van der Waals surface area contributed by atoms with Gasteiger partial charge in [-0.05, 0) is 18.9 Å². The van der Waals surface area contributed by atoms with Crippen molar-refractivity contribution in [2.75, 3.05) is 0 Å². The first kappa shape index (κ1) is 13.6. The van der Waals surface area contributed by atoms with Gasteiger partial charge in [0, 0.05) is 0 Å². The zero-order valence-electron chi connectivity index (χ0n) is 10.9. The normalized spacial score (nSPS) is 10.7. The summed E-state index contributed by atoms with van der Waals surface area (Å²) in [5.41, 5.74) is 1.68. The van der Waals surface area contributed by atoms with Crippen LogP contribution in [0.3, 0.4) is 0 Å². The lowest BCUT2D eigenvalue weighted by atomic mass is 10.1. The third kappa shape index (κ3) is 2.79. The molecule has 5 heteroatoms. The minimum absolute atomic E-state index is 0.137. The molecule has 0 aliphatic heterocycles. The number of halogens is 1. The molecule has 1 aromatic heterocycles. The van der Waals surface area contributed by atoms with Gasteiger partial charge in [-0.2, -0.15) is 0 Å². The Kier molecular flexibility index (Phi) is 3.90. The molecular weight excluding hydrogens is 264 g/mol. The third-order valence-electron chi connectivity index (χ3n) is 3.04. The first-order chi connectivity index (χ1) is 9.02. The second-order valence-corrected chi connectivity index (χ2v) is 4.83. The van der Waals surface area contributed by atoms with Crippen LogP contribution in [-0.2, 0) is 13.0 Å². The predicted molar refractivity (Wildman–Crippen MR) is 76.0 cm³/mol. The summed E-state index contributed by atoms with van der Waals surface area (Å²) in [5.74, 6) is 0. The van der Waals surface area contributed by atoms with Crippen LogP contribution in [0.2, 0.25) is 5.15 Å². The summed E-state index contributed by atoms with van der Waals surface area (Å²) in [6, 6.07) is 7.71. The van der Waals surface area contributed by atoms with Crippen LogP contribution in [0.5, 0.6) is 0 Å². The molecule has 1 aromatic carbocycles. The minimum Gasteiger partial charge on any atom is -0.297 e. The first-order valence-electron chi connectivity index (χ1n) is 6.10. The van der Waals surface area contributed by atoms with Gasteiger partial charge in [0.2, 0.25) is 0 Å². The van der Waals surface area contributed by atoms with Crippen LogP contribution in [0.1, 0.15) is 23.6 Å². The number of nitrogens with one attached hydrogen (secondary N) is 1. The molecule has 0 spiro atoms. The van der Waals surface area contributed by atoms with Crippen molar-refractivity contribution in [3.63, 3.8) is 0 Å². The Morgan fingerprint density at radius 3 is 2.42 bits per heavy atom. The summed E-state index contributed by atoms with van der Waals surface area (Å²) >= 11 is 5.86. The van der Waals surface area contributed by atoms with Crippen molar-refractivity contribution in [2.45, 2.75) is 26.8 Å². The average molecular weight is 279 g/mol. The molecule has 2 rings (SSSR count). The van der Waals surface area contributed by atoms with E-state index in [1.807, 2.05) is 38.1 Å². The molecule has 4 nitrogen and oxygen atoms in total. The smallest absolute Gasteiger partial charge is 0.297 e. The predicted octanol–water partition coefficient (Wildman–Crippen LogP) is 2.11. The van der Waals surface area contributed by atoms with E-state index in [1.165, 1.54) is 4.57 Å². The topological polar surface area (TPSA) is 54.9 Å². The van der Waals surface area contributed by atoms with Gasteiger partial charge in [0.05, 0.1) is 12.1 Å². The second-order valence-electron chi connectivity index (χ2n) is 4.45. The molecule has 1 N–H and O–H groups in total. The second kappa shape index (κ2) is 5.45. The molecule has 0 amide bonds. The van der Waals surface area contributed by atoms with Crippen LogP contribution in [-0.4, -0.2) is 9.55 Å². The third-order valence-corrected chi connectivity index (χ3v) is 3.37. The molecule has 0 radical (unpaired) electrons. The van der Waals surface area contributed by atoms with Crippen LogP contribution >= 0.6 is 11.6 Å². The van der Waals surface area contributed by atoms with Crippen molar-refractivity contribution < 1.29 is 0 Å². The van der Waals surface area contributed by atoms with E-state index in [0.29, 0.717) is 12.0 Å². The lowest BCUT2D eigenvalue weighted by Crippen LogP contribution is -2.37. The van der Waals surface area contributed by atoms with Crippen molar-refractivity contribution in [3.8, 4) is 0 Å². The largest absolute Gasteiger partial charge is 0.329 e. The average Bonchev–Trinajstić information content (AvgIpc) is 2.37. The molecule has 19 heavy (non-hydrogen) atoms.